The molecule has 0 saturated heterocycles. The van der Waals surface area contributed by atoms with Crippen LogP contribution in [0.4, 0.5) is 11.4 Å². The van der Waals surface area contributed by atoms with Gasteiger partial charge in [-0.15, -0.1) is 0 Å². The van der Waals surface area contributed by atoms with Crippen molar-refractivity contribution in [3.63, 3.8) is 0 Å². The second-order valence-electron chi connectivity index (χ2n) is 4.72. The molecular weight excluding hydrogens is 318 g/mol. The van der Waals surface area contributed by atoms with Crippen LogP contribution in [-0.2, 0) is 6.42 Å². The molecule has 1 aromatic heterocycles. The van der Waals surface area contributed by atoms with Crippen molar-refractivity contribution in [1.29, 1.82) is 0 Å². The maximum Gasteiger partial charge on any atom is 0.269 e. The Morgan fingerprint density at radius 2 is 2.04 bits per heavy atom. The number of nitrogens with one attached hydrogen (secondary N) is 3. The van der Waals surface area contributed by atoms with Gasteiger partial charge >= 0.3 is 0 Å². The highest BCUT2D eigenvalue weighted by atomic mass is 32.1. The maximum atomic E-state index is 12.0. The van der Waals surface area contributed by atoms with Crippen LogP contribution in [0.25, 0.3) is 0 Å². The monoisotopic (exact) mass is 333 g/mol. The van der Waals surface area contributed by atoms with Gasteiger partial charge in [-0.25, -0.2) is 0 Å². The third-order valence-electron chi connectivity index (χ3n) is 3.03. The number of aryl methyl sites for hydroxylation is 1. The fourth-order valence-corrected chi connectivity index (χ4v) is 2.17. The quantitative estimate of drug-likeness (QED) is 0.325. The maximum absolute atomic E-state index is 12.0. The van der Waals surface area contributed by atoms with Gasteiger partial charge < -0.3 is 4.98 Å². The summed E-state index contributed by atoms with van der Waals surface area (Å²) in [6.07, 6.45) is 2.92. The molecule has 9 heteroatoms. The third kappa shape index (κ3) is 4.33. The molecule has 120 valence electrons. The molecule has 2 rings (SSSR count). The van der Waals surface area contributed by atoms with Crippen LogP contribution < -0.4 is 11.0 Å². The van der Waals surface area contributed by atoms with Crippen LogP contribution in [0, 0.1) is 14.9 Å². The van der Waals surface area contributed by atoms with Crippen molar-refractivity contribution in [2.24, 2.45) is 5.10 Å². The van der Waals surface area contributed by atoms with Crippen LogP contribution in [0.15, 0.2) is 34.2 Å². The fraction of sp³-hybridized carbons (Fsp3) is 0.214. The number of nitro benzene ring substituents is 1. The normalized spacial score (nSPS) is 10.8. The van der Waals surface area contributed by atoms with Crippen LogP contribution in [0.2, 0.25) is 0 Å². The van der Waals surface area contributed by atoms with E-state index in [-0.39, 0.29) is 16.0 Å². The Morgan fingerprint density at radius 1 is 1.35 bits per heavy atom. The minimum atomic E-state index is -0.476. The number of hydrazone groups is 1. The summed E-state index contributed by atoms with van der Waals surface area (Å²) in [5.74, 6) is 0. The van der Waals surface area contributed by atoms with Gasteiger partial charge in [-0.05, 0) is 30.8 Å². The first-order chi connectivity index (χ1) is 11.0. The Kier molecular flexibility index (Phi) is 5.36. The summed E-state index contributed by atoms with van der Waals surface area (Å²) in [6, 6.07) is 5.80. The van der Waals surface area contributed by atoms with Crippen molar-refractivity contribution < 1.29 is 4.92 Å². The Bertz CT molecular complexity index is 839. The number of H-pyrrole nitrogens is 2. The molecule has 0 unspecified atom stereocenters. The lowest BCUT2D eigenvalue weighted by Crippen LogP contribution is -2.18. The van der Waals surface area contributed by atoms with Gasteiger partial charge in [0.2, 0.25) is 0 Å². The Hall–Kier alpha value is -2.81. The van der Waals surface area contributed by atoms with E-state index < -0.39 is 4.92 Å². The van der Waals surface area contributed by atoms with Gasteiger partial charge in [-0.3, -0.25) is 25.3 Å². The van der Waals surface area contributed by atoms with Gasteiger partial charge in [-0.1, -0.05) is 13.3 Å². The van der Waals surface area contributed by atoms with Crippen LogP contribution in [-0.4, -0.2) is 21.1 Å². The zero-order chi connectivity index (χ0) is 16.8. The number of nitrogens with zero attached hydrogens (tertiary/aromatic N) is 2. The zero-order valence-corrected chi connectivity index (χ0v) is 13.1. The number of non-ortho nitro benzene ring substituents is 1. The standard InChI is InChI=1S/C14H15N5O3S/c1-2-3-12-11(13(20)17-14(23)16-12)8-15-18-9-4-6-10(7-5-9)19(21)22/h4-8,18H,2-3H2,1H3,(H2,16,17,20,23). The highest BCUT2D eigenvalue weighted by Crippen LogP contribution is 2.15. The highest BCUT2D eigenvalue weighted by molar-refractivity contribution is 7.71. The van der Waals surface area contributed by atoms with Crippen LogP contribution in [0.3, 0.4) is 0 Å². The number of aromatic nitrogens is 2. The first-order valence-corrected chi connectivity index (χ1v) is 7.31. The van der Waals surface area contributed by atoms with E-state index in [1.165, 1.54) is 30.5 Å². The summed E-state index contributed by atoms with van der Waals surface area (Å²) in [7, 11) is 0. The molecule has 0 aliphatic heterocycles. The van der Waals surface area contributed by atoms with Crippen LogP contribution in [0.5, 0.6) is 0 Å². The third-order valence-corrected chi connectivity index (χ3v) is 3.23. The first kappa shape index (κ1) is 16.6. The molecule has 1 heterocycles. The Balaban J connectivity index is 2.18. The molecule has 0 atom stereocenters. The van der Waals surface area contributed by atoms with E-state index >= 15 is 0 Å². The van der Waals surface area contributed by atoms with Gasteiger partial charge in [0.05, 0.1) is 22.4 Å². The van der Waals surface area contributed by atoms with Gasteiger partial charge in [0.25, 0.3) is 11.2 Å². The van der Waals surface area contributed by atoms with Gasteiger partial charge in [0.1, 0.15) is 0 Å². The summed E-state index contributed by atoms with van der Waals surface area (Å²) in [6.45, 7) is 1.99. The van der Waals surface area contributed by atoms with Crippen LogP contribution >= 0.6 is 12.2 Å². The lowest BCUT2D eigenvalue weighted by Gasteiger charge is -2.04. The van der Waals surface area contributed by atoms with Crippen molar-refractivity contribution in [3.8, 4) is 0 Å². The van der Waals surface area contributed by atoms with Gasteiger partial charge in [-0.2, -0.15) is 5.10 Å². The molecule has 2 aromatic rings. The molecule has 0 fully saturated rings. The average Bonchev–Trinajstić information content (AvgIpc) is 2.50. The lowest BCUT2D eigenvalue weighted by molar-refractivity contribution is -0.384. The number of hydrogen-bond donors (Lipinski definition) is 3. The molecule has 0 spiro atoms. The Morgan fingerprint density at radius 3 is 2.65 bits per heavy atom. The van der Waals surface area contributed by atoms with E-state index in [1.807, 2.05) is 6.92 Å². The number of hydrogen-bond acceptors (Lipinski definition) is 6. The topological polar surface area (TPSA) is 116 Å². The summed E-state index contributed by atoms with van der Waals surface area (Å²) in [4.78, 5) is 27.5. The van der Waals surface area contributed by atoms with E-state index in [0.29, 0.717) is 17.7 Å². The smallest absolute Gasteiger partial charge is 0.269 e. The average molecular weight is 333 g/mol. The minimum Gasteiger partial charge on any atom is -0.335 e. The molecule has 23 heavy (non-hydrogen) atoms. The molecule has 0 aliphatic carbocycles. The van der Waals surface area contributed by atoms with Gasteiger partial charge in [0.15, 0.2) is 4.77 Å². The van der Waals surface area contributed by atoms with Crippen molar-refractivity contribution >= 4 is 29.8 Å². The predicted molar refractivity (Wildman–Crippen MR) is 90.6 cm³/mol. The van der Waals surface area contributed by atoms with E-state index in [0.717, 1.165) is 12.1 Å². The number of benzene rings is 1. The number of anilines is 1. The SMILES string of the molecule is CCCc1[nH]c(=S)[nH]c(=O)c1C=NNc1ccc([N+](=O)[O-])cc1. The molecular formula is C14H15N5O3S. The second kappa shape index (κ2) is 7.45. The molecule has 0 saturated carbocycles. The highest BCUT2D eigenvalue weighted by Gasteiger charge is 2.06. The fourth-order valence-electron chi connectivity index (χ4n) is 1.96. The van der Waals surface area contributed by atoms with Gasteiger partial charge in [0, 0.05) is 17.8 Å². The Labute approximate surface area is 136 Å². The van der Waals surface area contributed by atoms with Crippen molar-refractivity contribution in [2.45, 2.75) is 19.8 Å². The largest absolute Gasteiger partial charge is 0.335 e. The summed E-state index contributed by atoms with van der Waals surface area (Å²) in [5, 5.41) is 14.6. The molecule has 3 N–H and O–H groups in total. The number of nitro groups is 1. The molecule has 0 bridgehead atoms. The van der Waals surface area contributed by atoms with E-state index in [4.69, 9.17) is 12.2 Å². The van der Waals surface area contributed by atoms with Crippen molar-refractivity contribution in [2.75, 3.05) is 5.43 Å². The molecule has 8 nitrogen and oxygen atoms in total. The molecule has 0 radical (unpaired) electrons. The summed E-state index contributed by atoms with van der Waals surface area (Å²) < 4.78 is 0.277. The van der Waals surface area contributed by atoms with E-state index in [1.54, 1.807) is 0 Å². The second-order valence-corrected chi connectivity index (χ2v) is 5.13. The molecule has 0 amide bonds. The molecule has 1 aromatic carbocycles. The summed E-state index contributed by atoms with van der Waals surface area (Å²) in [5.41, 5.74) is 4.10. The number of aromatic amines is 2. The van der Waals surface area contributed by atoms with Crippen molar-refractivity contribution in [1.82, 2.24) is 9.97 Å². The number of rotatable bonds is 6. The molecule has 0 aliphatic rings. The predicted octanol–water partition coefficient (Wildman–Crippen LogP) is 2.74. The zero-order valence-electron chi connectivity index (χ0n) is 12.3. The summed E-state index contributed by atoms with van der Waals surface area (Å²) >= 11 is 4.96. The van der Waals surface area contributed by atoms with Crippen LogP contribution in [0.1, 0.15) is 24.6 Å². The van der Waals surface area contributed by atoms with Crippen molar-refractivity contribution in [3.05, 3.63) is 60.8 Å². The minimum absolute atomic E-state index is 0.00293. The first-order valence-electron chi connectivity index (χ1n) is 6.90. The van der Waals surface area contributed by atoms with E-state index in [9.17, 15) is 14.9 Å². The lowest BCUT2D eigenvalue weighted by atomic mass is 10.1. The van der Waals surface area contributed by atoms with E-state index in [2.05, 4.69) is 20.5 Å².